The minimum atomic E-state index is -4.96. The van der Waals surface area contributed by atoms with Crippen LogP contribution in [0.4, 0.5) is 0 Å². The third-order valence-corrected chi connectivity index (χ3v) is 11.8. The topological polar surface area (TPSA) is 107 Å². The van der Waals surface area contributed by atoms with Gasteiger partial charge in [0, 0.05) is 0 Å². The maximum absolute atomic E-state index is 12.6. The fourth-order valence-corrected chi connectivity index (χ4v) is 11.0. The van der Waals surface area contributed by atoms with Crippen molar-refractivity contribution >= 4 is 22.1 Å². The second-order valence-electron chi connectivity index (χ2n) is 13.6. The highest BCUT2D eigenvalue weighted by atomic mass is 32.2. The SMILES string of the molecule is O=C(OCCC12CC3CC(CC(C3)C1)C2)C(C(=O)OCCC12CC3CC(CC(C3)C1)C2)S(=O)(=O)O. The molecule has 0 amide bonds. The fourth-order valence-electron chi connectivity index (χ4n) is 10.4. The Labute approximate surface area is 208 Å². The fraction of sp³-hybridized carbons (Fsp3) is 0.926. The Morgan fingerprint density at radius 2 is 0.943 bits per heavy atom. The average Bonchev–Trinajstić information content (AvgIpc) is 2.70. The molecule has 0 aliphatic heterocycles. The largest absolute Gasteiger partial charge is 0.464 e. The van der Waals surface area contributed by atoms with Crippen LogP contribution in [0.5, 0.6) is 0 Å². The summed E-state index contributed by atoms with van der Waals surface area (Å²) in [6.07, 6.45) is 16.2. The highest BCUT2D eigenvalue weighted by molar-refractivity contribution is 7.88. The Balaban J connectivity index is 1.02. The van der Waals surface area contributed by atoms with Gasteiger partial charge in [0.15, 0.2) is 0 Å². The Bertz CT molecular complexity index is 837. The molecule has 0 spiro atoms. The number of carbonyl (C=O) groups is 2. The molecule has 0 atom stereocenters. The molecule has 8 aliphatic rings. The Hall–Kier alpha value is -1.15. The van der Waals surface area contributed by atoms with Crippen molar-refractivity contribution in [3.63, 3.8) is 0 Å². The van der Waals surface area contributed by atoms with E-state index in [1.165, 1.54) is 38.5 Å². The summed E-state index contributed by atoms with van der Waals surface area (Å²) in [7, 11) is -4.96. The first-order valence-corrected chi connectivity index (χ1v) is 15.4. The molecule has 0 aromatic rings. The molecule has 0 saturated heterocycles. The van der Waals surface area contributed by atoms with Gasteiger partial charge in [-0.15, -0.1) is 0 Å². The molecule has 8 aliphatic carbocycles. The van der Waals surface area contributed by atoms with Gasteiger partial charge in [-0.2, -0.15) is 8.42 Å². The van der Waals surface area contributed by atoms with Gasteiger partial charge in [-0.1, -0.05) is 0 Å². The van der Waals surface area contributed by atoms with Gasteiger partial charge < -0.3 is 9.47 Å². The van der Waals surface area contributed by atoms with Crippen LogP contribution in [0.15, 0.2) is 0 Å². The summed E-state index contributed by atoms with van der Waals surface area (Å²) in [5.74, 6) is 2.20. The Morgan fingerprint density at radius 3 is 1.20 bits per heavy atom. The van der Waals surface area contributed by atoms with E-state index in [-0.39, 0.29) is 24.0 Å². The number of esters is 2. The normalized spacial score (nSPS) is 43.8. The lowest BCUT2D eigenvalue weighted by molar-refractivity contribution is -0.156. The lowest BCUT2D eigenvalue weighted by atomic mass is 9.49. The first-order chi connectivity index (χ1) is 16.6. The molecule has 7 nitrogen and oxygen atoms in total. The number of rotatable bonds is 9. The van der Waals surface area contributed by atoms with E-state index in [0.717, 1.165) is 74.0 Å². The molecule has 8 rings (SSSR count). The van der Waals surface area contributed by atoms with E-state index in [1.54, 1.807) is 0 Å². The minimum Gasteiger partial charge on any atom is -0.464 e. The standard InChI is InChI=1S/C27H40O7S/c28-24(33-3-1-26-11-17-5-18(12-26)7-19(6-17)13-26)23(35(30,31)32)25(29)34-4-2-27-14-20-8-21(15-27)10-22(9-20)16-27/h17-23H,1-16H2,(H,30,31,32). The number of ether oxygens (including phenoxy) is 2. The van der Waals surface area contributed by atoms with Crippen molar-refractivity contribution in [2.45, 2.75) is 95.1 Å². The summed E-state index contributed by atoms with van der Waals surface area (Å²) in [5, 5.41) is -2.31. The first kappa shape index (κ1) is 24.2. The van der Waals surface area contributed by atoms with E-state index < -0.39 is 27.3 Å². The van der Waals surface area contributed by atoms with Gasteiger partial charge >= 0.3 is 11.9 Å². The zero-order valence-electron chi connectivity index (χ0n) is 20.7. The second kappa shape index (κ2) is 8.71. The zero-order valence-corrected chi connectivity index (χ0v) is 21.5. The maximum Gasteiger partial charge on any atom is 0.338 e. The molecule has 0 heterocycles. The molecule has 1 N–H and O–H groups in total. The van der Waals surface area contributed by atoms with Crippen molar-refractivity contribution < 1.29 is 32.0 Å². The highest BCUT2D eigenvalue weighted by Crippen LogP contribution is 2.62. The molecular weight excluding hydrogens is 468 g/mol. The summed E-state index contributed by atoms with van der Waals surface area (Å²) in [4.78, 5) is 25.3. The van der Waals surface area contributed by atoms with E-state index in [0.29, 0.717) is 12.8 Å². The zero-order chi connectivity index (χ0) is 24.4. The Morgan fingerprint density at radius 1 is 0.657 bits per heavy atom. The molecule has 8 fully saturated rings. The van der Waals surface area contributed by atoms with Crippen LogP contribution in [0.1, 0.15) is 89.9 Å². The van der Waals surface area contributed by atoms with Crippen molar-refractivity contribution in [1.82, 2.24) is 0 Å². The molecule has 0 aromatic heterocycles. The molecule has 8 saturated carbocycles. The van der Waals surface area contributed by atoms with Crippen LogP contribution in [0.25, 0.3) is 0 Å². The number of carbonyl (C=O) groups excluding carboxylic acids is 2. The van der Waals surface area contributed by atoms with Gasteiger partial charge in [-0.3, -0.25) is 4.55 Å². The van der Waals surface area contributed by atoms with Crippen molar-refractivity contribution in [2.75, 3.05) is 13.2 Å². The van der Waals surface area contributed by atoms with Gasteiger partial charge in [0.2, 0.25) is 0 Å². The number of hydrogen-bond acceptors (Lipinski definition) is 6. The molecule has 8 bridgehead atoms. The first-order valence-electron chi connectivity index (χ1n) is 13.9. The predicted molar refractivity (Wildman–Crippen MR) is 128 cm³/mol. The molecule has 35 heavy (non-hydrogen) atoms. The molecule has 0 radical (unpaired) electrons. The smallest absolute Gasteiger partial charge is 0.338 e. The third kappa shape index (κ3) is 4.78. The van der Waals surface area contributed by atoms with Crippen molar-refractivity contribution in [1.29, 1.82) is 0 Å². The van der Waals surface area contributed by atoms with Crippen LogP contribution in [0.2, 0.25) is 0 Å². The summed E-state index contributed by atoms with van der Waals surface area (Å²) in [5.41, 5.74) is 0.363. The van der Waals surface area contributed by atoms with E-state index in [2.05, 4.69) is 0 Å². The second-order valence-corrected chi connectivity index (χ2v) is 15.1. The lowest BCUT2D eigenvalue weighted by Crippen LogP contribution is -2.47. The number of hydrogen-bond donors (Lipinski definition) is 1. The quantitative estimate of drug-likeness (QED) is 0.277. The van der Waals surface area contributed by atoms with Crippen molar-refractivity contribution in [2.24, 2.45) is 46.3 Å². The highest BCUT2D eigenvalue weighted by Gasteiger charge is 2.52. The predicted octanol–water partition coefficient (Wildman–Crippen LogP) is 4.54. The molecular formula is C27H40O7S. The summed E-state index contributed by atoms with van der Waals surface area (Å²) >= 11 is 0. The monoisotopic (exact) mass is 508 g/mol. The van der Waals surface area contributed by atoms with Crippen LogP contribution in [-0.4, -0.2) is 43.4 Å². The van der Waals surface area contributed by atoms with E-state index in [4.69, 9.17) is 9.47 Å². The Kier molecular flexibility index (Phi) is 6.02. The van der Waals surface area contributed by atoms with Gasteiger partial charge in [-0.25, -0.2) is 9.59 Å². The van der Waals surface area contributed by atoms with E-state index in [9.17, 15) is 22.6 Å². The van der Waals surface area contributed by atoms with Gasteiger partial charge in [0.1, 0.15) is 0 Å². The van der Waals surface area contributed by atoms with Gasteiger partial charge in [-0.05, 0) is 136 Å². The molecule has 196 valence electrons. The van der Waals surface area contributed by atoms with Crippen LogP contribution < -0.4 is 0 Å². The van der Waals surface area contributed by atoms with Crippen LogP contribution in [0.3, 0.4) is 0 Å². The maximum atomic E-state index is 12.6. The van der Waals surface area contributed by atoms with E-state index >= 15 is 0 Å². The van der Waals surface area contributed by atoms with Crippen LogP contribution in [0, 0.1) is 46.3 Å². The minimum absolute atomic E-state index is 0.0809. The van der Waals surface area contributed by atoms with Crippen LogP contribution >= 0.6 is 0 Å². The van der Waals surface area contributed by atoms with Crippen LogP contribution in [-0.2, 0) is 29.2 Å². The average molecular weight is 509 g/mol. The molecule has 0 unspecified atom stereocenters. The molecule has 0 aromatic carbocycles. The van der Waals surface area contributed by atoms with Crippen molar-refractivity contribution in [3.05, 3.63) is 0 Å². The van der Waals surface area contributed by atoms with Gasteiger partial charge in [0.25, 0.3) is 15.4 Å². The molecule has 8 heteroatoms. The third-order valence-electron chi connectivity index (χ3n) is 10.8. The van der Waals surface area contributed by atoms with E-state index in [1.807, 2.05) is 0 Å². The van der Waals surface area contributed by atoms with Crippen molar-refractivity contribution in [3.8, 4) is 0 Å². The summed E-state index contributed by atoms with van der Waals surface area (Å²) < 4.78 is 44.1. The lowest BCUT2D eigenvalue weighted by Gasteiger charge is -2.57. The van der Waals surface area contributed by atoms with Gasteiger partial charge in [0.05, 0.1) is 13.2 Å². The summed E-state index contributed by atoms with van der Waals surface area (Å²) in [6, 6.07) is 0. The summed E-state index contributed by atoms with van der Waals surface area (Å²) in [6.45, 7) is 0.162.